The Morgan fingerprint density at radius 3 is 2.19 bits per heavy atom. The highest BCUT2D eigenvalue weighted by Crippen LogP contribution is 2.08. The van der Waals surface area contributed by atoms with Crippen molar-refractivity contribution in [3.63, 3.8) is 0 Å². The van der Waals surface area contributed by atoms with Gasteiger partial charge in [-0.05, 0) is 36.3 Å². The second-order valence-electron chi connectivity index (χ2n) is 5.81. The van der Waals surface area contributed by atoms with Gasteiger partial charge in [-0.15, -0.1) is 24.8 Å². The van der Waals surface area contributed by atoms with Gasteiger partial charge in [0.1, 0.15) is 0 Å². The molecule has 0 unspecified atom stereocenters. The fraction of sp³-hybridized carbons (Fsp3) is 0.368. The molecule has 3 N–H and O–H groups in total. The number of benzene rings is 1. The Morgan fingerprint density at radius 1 is 1.04 bits per heavy atom. The van der Waals surface area contributed by atoms with E-state index in [4.69, 9.17) is 5.73 Å². The molecule has 0 radical (unpaired) electrons. The van der Waals surface area contributed by atoms with Crippen LogP contribution in [0, 0.1) is 0 Å². The molecule has 0 aliphatic carbocycles. The van der Waals surface area contributed by atoms with E-state index >= 15 is 0 Å². The molecule has 5 nitrogen and oxygen atoms in total. The summed E-state index contributed by atoms with van der Waals surface area (Å²) < 4.78 is 0. The number of nitrogens with one attached hydrogen (secondary N) is 1. The summed E-state index contributed by atoms with van der Waals surface area (Å²) in [5, 5.41) is 2.92. The molecule has 144 valence electrons. The van der Waals surface area contributed by atoms with Crippen LogP contribution in [-0.2, 0) is 24.3 Å². The molecule has 0 atom stereocenters. The predicted molar refractivity (Wildman–Crippen MR) is 112 cm³/mol. The summed E-state index contributed by atoms with van der Waals surface area (Å²) >= 11 is 0. The molecule has 0 bridgehead atoms. The van der Waals surface area contributed by atoms with E-state index in [9.17, 15) is 4.79 Å². The van der Waals surface area contributed by atoms with E-state index in [0.29, 0.717) is 12.2 Å². The molecule has 0 aliphatic rings. The minimum absolute atomic E-state index is 0. The summed E-state index contributed by atoms with van der Waals surface area (Å²) in [5.74, 6) is -0.0421. The first-order valence-corrected chi connectivity index (χ1v) is 8.38. The number of hydrogen-bond acceptors (Lipinski definition) is 4. The lowest BCUT2D eigenvalue weighted by Gasteiger charge is -2.18. The van der Waals surface area contributed by atoms with Crippen LogP contribution in [0.4, 0.5) is 5.69 Å². The molecule has 0 saturated carbocycles. The maximum Gasteiger partial charge on any atom is 0.226 e. The summed E-state index contributed by atoms with van der Waals surface area (Å²) in [6, 6.07) is 11.9. The highest BCUT2D eigenvalue weighted by molar-refractivity contribution is 5.85. The van der Waals surface area contributed by atoms with Crippen molar-refractivity contribution in [2.45, 2.75) is 33.4 Å². The maximum atomic E-state index is 12.0. The zero-order valence-electron chi connectivity index (χ0n) is 15.3. The number of pyridine rings is 1. The molecular formula is C19H28Cl2N4O. The second-order valence-corrected chi connectivity index (χ2v) is 5.81. The van der Waals surface area contributed by atoms with Crippen molar-refractivity contribution in [1.82, 2.24) is 15.2 Å². The van der Waals surface area contributed by atoms with Gasteiger partial charge in [0.2, 0.25) is 5.91 Å². The van der Waals surface area contributed by atoms with Gasteiger partial charge in [-0.2, -0.15) is 0 Å². The van der Waals surface area contributed by atoms with E-state index in [1.54, 1.807) is 18.3 Å². The average Bonchev–Trinajstić information content (AvgIpc) is 2.61. The first-order chi connectivity index (χ1) is 11.6. The standard InChI is InChI=1S/C19H26N4O.2ClH/c1-3-23(4-2)14-16-7-5-15(6-8-16)12-22-19(24)11-18-10-9-17(20)13-21-18;;/h5-10,13H,3-4,11-12,14,20H2,1-2H3,(H,22,24);2*1H. The predicted octanol–water partition coefficient (Wildman–Crippen LogP) is 3.21. The van der Waals surface area contributed by atoms with Crippen molar-refractivity contribution in [1.29, 1.82) is 0 Å². The number of nitrogens with zero attached hydrogens (tertiary/aromatic N) is 2. The fourth-order valence-electron chi connectivity index (χ4n) is 2.44. The number of hydrogen-bond donors (Lipinski definition) is 2. The van der Waals surface area contributed by atoms with E-state index in [2.05, 4.69) is 53.3 Å². The molecule has 0 aliphatic heterocycles. The zero-order chi connectivity index (χ0) is 17.4. The molecular weight excluding hydrogens is 371 g/mol. The third kappa shape index (κ3) is 8.04. The number of amides is 1. The Labute approximate surface area is 168 Å². The van der Waals surface area contributed by atoms with Gasteiger partial charge in [0, 0.05) is 18.8 Å². The molecule has 1 amide bonds. The van der Waals surface area contributed by atoms with Crippen LogP contribution < -0.4 is 11.1 Å². The SMILES string of the molecule is CCN(CC)Cc1ccc(CNC(=O)Cc2ccc(N)cn2)cc1.Cl.Cl. The Morgan fingerprint density at radius 2 is 1.65 bits per heavy atom. The Balaban J connectivity index is 0.00000312. The number of nitrogen functional groups attached to an aromatic ring is 1. The van der Waals surface area contributed by atoms with Crippen LogP contribution in [0.2, 0.25) is 0 Å². The minimum atomic E-state index is -0.0421. The number of carbonyl (C=O) groups excluding carboxylic acids is 1. The van der Waals surface area contributed by atoms with Crippen molar-refractivity contribution in [3.05, 3.63) is 59.4 Å². The van der Waals surface area contributed by atoms with Crippen molar-refractivity contribution in [2.75, 3.05) is 18.8 Å². The Bertz CT molecular complexity index is 644. The number of anilines is 1. The Kier molecular flexibility index (Phi) is 11.6. The van der Waals surface area contributed by atoms with E-state index in [1.165, 1.54) is 5.56 Å². The van der Waals surface area contributed by atoms with Crippen molar-refractivity contribution < 1.29 is 4.79 Å². The van der Waals surface area contributed by atoms with Gasteiger partial charge in [-0.25, -0.2) is 0 Å². The van der Waals surface area contributed by atoms with Gasteiger partial charge in [-0.1, -0.05) is 38.1 Å². The number of carbonyl (C=O) groups is 1. The third-order valence-corrected chi connectivity index (χ3v) is 4.00. The smallest absolute Gasteiger partial charge is 0.226 e. The van der Waals surface area contributed by atoms with Gasteiger partial charge < -0.3 is 11.1 Å². The van der Waals surface area contributed by atoms with E-state index < -0.39 is 0 Å². The van der Waals surface area contributed by atoms with Crippen molar-refractivity contribution >= 4 is 36.4 Å². The molecule has 7 heteroatoms. The largest absolute Gasteiger partial charge is 0.397 e. The van der Waals surface area contributed by atoms with Gasteiger partial charge >= 0.3 is 0 Å². The van der Waals surface area contributed by atoms with Crippen molar-refractivity contribution in [2.24, 2.45) is 0 Å². The van der Waals surface area contributed by atoms with Crippen LogP contribution in [0.3, 0.4) is 0 Å². The van der Waals surface area contributed by atoms with Crippen molar-refractivity contribution in [3.8, 4) is 0 Å². The number of halogens is 2. The third-order valence-electron chi connectivity index (χ3n) is 4.00. The molecule has 1 aromatic heterocycles. The highest BCUT2D eigenvalue weighted by atomic mass is 35.5. The molecule has 0 saturated heterocycles. The summed E-state index contributed by atoms with van der Waals surface area (Å²) in [6.45, 7) is 7.93. The van der Waals surface area contributed by atoms with Gasteiger partial charge in [0.05, 0.1) is 18.3 Å². The number of aromatic nitrogens is 1. The molecule has 2 rings (SSSR count). The van der Waals surface area contributed by atoms with Crippen LogP contribution in [0.25, 0.3) is 0 Å². The molecule has 1 heterocycles. The van der Waals surface area contributed by atoms with Crippen LogP contribution in [0.15, 0.2) is 42.6 Å². The number of rotatable bonds is 8. The van der Waals surface area contributed by atoms with E-state index in [0.717, 1.165) is 30.9 Å². The lowest BCUT2D eigenvalue weighted by molar-refractivity contribution is -0.120. The topological polar surface area (TPSA) is 71.2 Å². The summed E-state index contributed by atoms with van der Waals surface area (Å²) in [5.41, 5.74) is 9.29. The Hall–Kier alpha value is -1.82. The molecule has 1 aromatic carbocycles. The second kappa shape index (κ2) is 12.5. The average molecular weight is 399 g/mol. The first-order valence-electron chi connectivity index (χ1n) is 8.38. The lowest BCUT2D eigenvalue weighted by atomic mass is 10.1. The molecule has 26 heavy (non-hydrogen) atoms. The van der Waals surface area contributed by atoms with E-state index in [-0.39, 0.29) is 37.1 Å². The molecule has 2 aromatic rings. The molecule has 0 fully saturated rings. The quantitative estimate of drug-likeness (QED) is 0.715. The van der Waals surface area contributed by atoms with Gasteiger partial charge in [0.15, 0.2) is 0 Å². The highest BCUT2D eigenvalue weighted by Gasteiger charge is 2.05. The fourth-order valence-corrected chi connectivity index (χ4v) is 2.44. The van der Waals surface area contributed by atoms with E-state index in [1.807, 2.05) is 0 Å². The van der Waals surface area contributed by atoms with Crippen LogP contribution >= 0.6 is 24.8 Å². The maximum absolute atomic E-state index is 12.0. The van der Waals surface area contributed by atoms with Gasteiger partial charge in [0.25, 0.3) is 0 Å². The monoisotopic (exact) mass is 398 g/mol. The summed E-state index contributed by atoms with van der Waals surface area (Å²) in [4.78, 5) is 18.5. The first kappa shape index (κ1) is 24.2. The zero-order valence-corrected chi connectivity index (χ0v) is 16.9. The number of nitrogens with two attached hydrogens (primary N) is 1. The normalized spacial score (nSPS) is 9.96. The lowest BCUT2D eigenvalue weighted by Crippen LogP contribution is -2.25. The molecule has 0 spiro atoms. The summed E-state index contributed by atoms with van der Waals surface area (Å²) in [6.07, 6.45) is 1.83. The van der Waals surface area contributed by atoms with Crippen LogP contribution in [0.5, 0.6) is 0 Å². The summed E-state index contributed by atoms with van der Waals surface area (Å²) in [7, 11) is 0. The van der Waals surface area contributed by atoms with Gasteiger partial charge in [-0.3, -0.25) is 14.7 Å². The van der Waals surface area contributed by atoms with Crippen LogP contribution in [0.1, 0.15) is 30.7 Å². The van der Waals surface area contributed by atoms with Crippen LogP contribution in [-0.4, -0.2) is 28.9 Å². The minimum Gasteiger partial charge on any atom is -0.397 e.